The Kier molecular flexibility index (Phi) is 5.75. The minimum atomic E-state index is -0.409. The molecule has 1 aromatic rings. The van der Waals surface area contributed by atoms with Crippen molar-refractivity contribution in [1.29, 1.82) is 0 Å². The van der Waals surface area contributed by atoms with Crippen LogP contribution in [0.2, 0.25) is 10.0 Å². The summed E-state index contributed by atoms with van der Waals surface area (Å²) in [6.07, 6.45) is 0.749. The third-order valence-corrected chi connectivity index (χ3v) is 2.95. The largest absolute Gasteiger partial charge is 0.352 e. The summed E-state index contributed by atoms with van der Waals surface area (Å²) in [6.45, 7) is 0.386. The van der Waals surface area contributed by atoms with Gasteiger partial charge in [-0.25, -0.2) is 0 Å². The van der Waals surface area contributed by atoms with Crippen LogP contribution in [0.3, 0.4) is 0 Å². The number of halogens is 3. The van der Waals surface area contributed by atoms with Crippen LogP contribution in [0.5, 0.6) is 0 Å². The van der Waals surface area contributed by atoms with E-state index in [-0.39, 0.29) is 12.3 Å². The Labute approximate surface area is 114 Å². The smallest absolute Gasteiger partial charge is 0.251 e. The molecule has 0 spiro atoms. The second kappa shape index (κ2) is 6.84. The van der Waals surface area contributed by atoms with Crippen molar-refractivity contribution in [1.82, 2.24) is 5.32 Å². The molecule has 6 heteroatoms. The molecule has 3 nitrogen and oxygen atoms in total. The van der Waals surface area contributed by atoms with Gasteiger partial charge in [-0.1, -0.05) is 23.2 Å². The highest BCUT2D eigenvalue weighted by molar-refractivity contribution is 6.63. The predicted octanol–water partition coefficient (Wildman–Crippen LogP) is 3.27. The number of nitrogens with one attached hydrogen (secondary N) is 1. The molecular formula is C11H10Cl3NO2. The van der Waals surface area contributed by atoms with Crippen LogP contribution >= 0.6 is 34.8 Å². The van der Waals surface area contributed by atoms with Gasteiger partial charge in [0.25, 0.3) is 5.91 Å². The van der Waals surface area contributed by atoms with Crippen molar-refractivity contribution in [3.8, 4) is 0 Å². The van der Waals surface area contributed by atoms with E-state index in [1.807, 2.05) is 0 Å². The number of hydrogen-bond donors (Lipinski definition) is 1. The molecule has 92 valence electrons. The fraction of sp³-hybridized carbons (Fsp3) is 0.273. The molecule has 17 heavy (non-hydrogen) atoms. The molecule has 0 saturated carbocycles. The first-order chi connectivity index (χ1) is 8.00. The lowest BCUT2D eigenvalue weighted by Gasteiger charge is -2.05. The first-order valence-corrected chi connectivity index (χ1v) is 6.05. The van der Waals surface area contributed by atoms with Gasteiger partial charge in [0.2, 0.25) is 5.24 Å². The zero-order chi connectivity index (χ0) is 12.8. The summed E-state index contributed by atoms with van der Waals surface area (Å²) in [6, 6.07) is 4.63. The summed E-state index contributed by atoms with van der Waals surface area (Å²) in [5, 5.41) is 2.97. The van der Waals surface area contributed by atoms with E-state index in [4.69, 9.17) is 34.8 Å². The molecule has 0 aliphatic heterocycles. The van der Waals surface area contributed by atoms with Gasteiger partial charge in [0, 0.05) is 18.5 Å². The molecule has 0 atom stereocenters. The number of carbonyl (C=O) groups excluding carboxylic acids is 2. The van der Waals surface area contributed by atoms with Crippen molar-refractivity contribution in [2.75, 3.05) is 6.54 Å². The summed E-state index contributed by atoms with van der Waals surface area (Å²) in [7, 11) is 0. The molecule has 1 rings (SSSR count). The predicted molar refractivity (Wildman–Crippen MR) is 68.9 cm³/mol. The van der Waals surface area contributed by atoms with E-state index in [9.17, 15) is 9.59 Å². The molecular weight excluding hydrogens is 284 g/mol. The fourth-order valence-corrected chi connectivity index (χ4v) is 1.60. The molecule has 0 unspecified atom stereocenters. The monoisotopic (exact) mass is 293 g/mol. The highest BCUT2D eigenvalue weighted by atomic mass is 35.5. The van der Waals surface area contributed by atoms with Gasteiger partial charge in [-0.15, -0.1) is 0 Å². The van der Waals surface area contributed by atoms with Gasteiger partial charge in [0.05, 0.1) is 10.0 Å². The summed E-state index contributed by atoms with van der Waals surface area (Å²) >= 11 is 16.7. The summed E-state index contributed by atoms with van der Waals surface area (Å²) in [4.78, 5) is 22.1. The van der Waals surface area contributed by atoms with E-state index < -0.39 is 5.24 Å². The van der Waals surface area contributed by atoms with Crippen molar-refractivity contribution < 1.29 is 9.59 Å². The van der Waals surface area contributed by atoms with Crippen LogP contribution in [0.4, 0.5) is 0 Å². The van der Waals surface area contributed by atoms with Gasteiger partial charge in [-0.05, 0) is 36.2 Å². The Morgan fingerprint density at radius 1 is 1.18 bits per heavy atom. The SMILES string of the molecule is O=C(Cl)CCCNC(=O)c1ccc(Cl)c(Cl)c1. The van der Waals surface area contributed by atoms with Gasteiger partial charge in [-0.2, -0.15) is 0 Å². The zero-order valence-corrected chi connectivity index (χ0v) is 11.1. The first kappa shape index (κ1) is 14.3. The molecule has 0 aliphatic carbocycles. The molecule has 0 saturated heterocycles. The van der Waals surface area contributed by atoms with Crippen LogP contribution in [0, 0.1) is 0 Å². The standard InChI is InChI=1S/C11H10Cl3NO2/c12-8-4-3-7(6-9(8)13)11(17)15-5-1-2-10(14)16/h3-4,6H,1-2,5H2,(H,15,17). The second-order valence-electron chi connectivity index (χ2n) is 3.34. The summed E-state index contributed by atoms with van der Waals surface area (Å²) in [5.74, 6) is -0.259. The molecule has 0 heterocycles. The van der Waals surface area contributed by atoms with Crippen molar-refractivity contribution in [2.45, 2.75) is 12.8 Å². The van der Waals surface area contributed by atoms with Gasteiger partial charge in [-0.3, -0.25) is 9.59 Å². The van der Waals surface area contributed by atoms with Crippen molar-refractivity contribution >= 4 is 46.0 Å². The number of amides is 1. The fourth-order valence-electron chi connectivity index (χ4n) is 1.17. The van der Waals surface area contributed by atoms with Crippen LogP contribution in [-0.4, -0.2) is 17.7 Å². The molecule has 1 N–H and O–H groups in total. The highest BCUT2D eigenvalue weighted by Gasteiger charge is 2.07. The number of rotatable bonds is 5. The lowest BCUT2D eigenvalue weighted by atomic mass is 10.2. The normalized spacial score (nSPS) is 10.1. The Balaban J connectivity index is 2.47. The third-order valence-electron chi connectivity index (χ3n) is 2.02. The average Bonchev–Trinajstić information content (AvgIpc) is 2.27. The quantitative estimate of drug-likeness (QED) is 0.669. The van der Waals surface area contributed by atoms with E-state index in [0.717, 1.165) is 0 Å². The van der Waals surface area contributed by atoms with Crippen LogP contribution in [0.15, 0.2) is 18.2 Å². The average molecular weight is 295 g/mol. The van der Waals surface area contributed by atoms with E-state index in [2.05, 4.69) is 5.32 Å². The number of benzene rings is 1. The zero-order valence-electron chi connectivity index (χ0n) is 8.80. The van der Waals surface area contributed by atoms with Gasteiger partial charge in [0.1, 0.15) is 0 Å². The van der Waals surface area contributed by atoms with Crippen molar-refractivity contribution in [2.24, 2.45) is 0 Å². The maximum absolute atomic E-state index is 11.6. The molecule has 0 radical (unpaired) electrons. The molecule has 1 aromatic carbocycles. The molecule has 0 fully saturated rings. The van der Waals surface area contributed by atoms with Crippen LogP contribution in [0.1, 0.15) is 23.2 Å². The number of hydrogen-bond acceptors (Lipinski definition) is 2. The van der Waals surface area contributed by atoms with Crippen molar-refractivity contribution in [3.05, 3.63) is 33.8 Å². The van der Waals surface area contributed by atoms with E-state index in [1.165, 1.54) is 6.07 Å². The maximum Gasteiger partial charge on any atom is 0.251 e. The Hall–Kier alpha value is -0.770. The minimum Gasteiger partial charge on any atom is -0.352 e. The Morgan fingerprint density at radius 3 is 2.47 bits per heavy atom. The summed E-state index contributed by atoms with van der Waals surface area (Å²) < 4.78 is 0. The van der Waals surface area contributed by atoms with Crippen molar-refractivity contribution in [3.63, 3.8) is 0 Å². The van der Waals surface area contributed by atoms with E-state index >= 15 is 0 Å². The lowest BCUT2D eigenvalue weighted by molar-refractivity contribution is -0.111. The summed E-state index contributed by atoms with van der Waals surface area (Å²) in [5.41, 5.74) is 0.427. The van der Waals surface area contributed by atoms with Crippen LogP contribution in [-0.2, 0) is 4.79 Å². The van der Waals surface area contributed by atoms with Gasteiger partial charge >= 0.3 is 0 Å². The maximum atomic E-state index is 11.6. The van der Waals surface area contributed by atoms with E-state index in [1.54, 1.807) is 12.1 Å². The third kappa shape index (κ3) is 4.94. The Bertz CT molecular complexity index is 435. The molecule has 0 aliphatic rings. The van der Waals surface area contributed by atoms with Crippen LogP contribution in [0.25, 0.3) is 0 Å². The molecule has 0 aromatic heterocycles. The molecule has 1 amide bonds. The Morgan fingerprint density at radius 2 is 1.88 bits per heavy atom. The minimum absolute atomic E-state index is 0.239. The number of carbonyl (C=O) groups is 2. The topological polar surface area (TPSA) is 46.2 Å². The first-order valence-electron chi connectivity index (χ1n) is 4.92. The lowest BCUT2D eigenvalue weighted by Crippen LogP contribution is -2.24. The van der Waals surface area contributed by atoms with E-state index in [0.29, 0.717) is 28.6 Å². The van der Waals surface area contributed by atoms with Gasteiger partial charge in [0.15, 0.2) is 0 Å². The van der Waals surface area contributed by atoms with Gasteiger partial charge < -0.3 is 5.32 Å². The van der Waals surface area contributed by atoms with Crippen LogP contribution < -0.4 is 5.32 Å². The molecule has 0 bridgehead atoms. The second-order valence-corrected chi connectivity index (χ2v) is 4.58. The highest BCUT2D eigenvalue weighted by Crippen LogP contribution is 2.22.